The molecule has 7 nitrogen and oxygen atoms in total. The molecule has 0 radical (unpaired) electrons. The molecule has 1 saturated heterocycles. The molecule has 118 valence electrons. The van der Waals surface area contributed by atoms with E-state index in [0.29, 0.717) is 17.8 Å². The monoisotopic (exact) mass is 301 g/mol. The minimum Gasteiger partial charge on any atom is -0.383 e. The number of nitrogens with two attached hydrogens (primary N) is 2. The maximum Gasteiger partial charge on any atom is 0.223 e. The molecule has 4 N–H and O–H groups in total. The van der Waals surface area contributed by atoms with Crippen LogP contribution < -0.4 is 16.4 Å². The minimum atomic E-state index is 0.229. The van der Waals surface area contributed by atoms with Gasteiger partial charge in [0.15, 0.2) is 0 Å². The SMILES string of the molecule is CC(C)n1ccnc1C1CCN(c2cc(N)nc(N)n2)CC1. The standard InChI is InChI=1S/C15H23N7/c1-10(2)22-8-5-18-14(22)11-3-6-21(7-4-11)13-9-12(16)19-15(17)20-13/h5,8-11H,3-4,6-7H2,1-2H3,(H4,16,17,19,20). The third kappa shape index (κ3) is 2.84. The Morgan fingerprint density at radius 1 is 1.18 bits per heavy atom. The molecule has 0 unspecified atom stereocenters. The Morgan fingerprint density at radius 2 is 1.91 bits per heavy atom. The molecule has 0 atom stereocenters. The van der Waals surface area contributed by atoms with Gasteiger partial charge in [0.1, 0.15) is 17.5 Å². The average Bonchev–Trinajstić information content (AvgIpc) is 2.96. The van der Waals surface area contributed by atoms with Gasteiger partial charge in [-0.2, -0.15) is 9.97 Å². The fourth-order valence-electron chi connectivity index (χ4n) is 3.08. The largest absolute Gasteiger partial charge is 0.383 e. The highest BCUT2D eigenvalue weighted by Crippen LogP contribution is 2.30. The van der Waals surface area contributed by atoms with E-state index in [9.17, 15) is 0 Å². The van der Waals surface area contributed by atoms with Crippen LogP contribution in [0.1, 0.15) is 44.5 Å². The van der Waals surface area contributed by atoms with Crippen molar-refractivity contribution in [2.45, 2.75) is 38.6 Å². The van der Waals surface area contributed by atoms with Crippen molar-refractivity contribution < 1.29 is 0 Å². The van der Waals surface area contributed by atoms with Gasteiger partial charge < -0.3 is 20.9 Å². The highest BCUT2D eigenvalue weighted by Gasteiger charge is 2.25. The first-order valence-corrected chi connectivity index (χ1v) is 7.72. The number of imidazole rings is 1. The summed E-state index contributed by atoms with van der Waals surface area (Å²) < 4.78 is 2.26. The van der Waals surface area contributed by atoms with Gasteiger partial charge in [-0.05, 0) is 26.7 Å². The van der Waals surface area contributed by atoms with Gasteiger partial charge in [-0.25, -0.2) is 4.98 Å². The number of nitrogen functional groups attached to an aromatic ring is 2. The zero-order valence-corrected chi connectivity index (χ0v) is 13.1. The zero-order chi connectivity index (χ0) is 15.7. The molecule has 2 aromatic rings. The highest BCUT2D eigenvalue weighted by molar-refractivity contribution is 5.50. The van der Waals surface area contributed by atoms with Crippen molar-refractivity contribution in [3.05, 3.63) is 24.3 Å². The van der Waals surface area contributed by atoms with Crippen molar-refractivity contribution in [3.8, 4) is 0 Å². The molecule has 1 aliphatic rings. The Hall–Kier alpha value is -2.31. The van der Waals surface area contributed by atoms with Gasteiger partial charge in [0, 0.05) is 43.5 Å². The number of anilines is 3. The quantitative estimate of drug-likeness (QED) is 0.897. The molecule has 0 saturated carbocycles. The molecular formula is C15H23N7. The molecule has 1 aliphatic heterocycles. The van der Waals surface area contributed by atoms with Crippen LogP contribution in [0.25, 0.3) is 0 Å². The number of rotatable bonds is 3. The van der Waals surface area contributed by atoms with E-state index in [2.05, 4.69) is 44.5 Å². The molecule has 0 aliphatic carbocycles. The molecule has 22 heavy (non-hydrogen) atoms. The van der Waals surface area contributed by atoms with Crippen LogP contribution in [0.4, 0.5) is 17.6 Å². The maximum absolute atomic E-state index is 5.75. The predicted molar refractivity (Wildman–Crippen MR) is 87.7 cm³/mol. The number of nitrogens with zero attached hydrogens (tertiary/aromatic N) is 5. The predicted octanol–water partition coefficient (Wildman–Crippen LogP) is 1.80. The average molecular weight is 301 g/mol. The summed E-state index contributed by atoms with van der Waals surface area (Å²) in [6, 6.07) is 2.23. The lowest BCUT2D eigenvalue weighted by Crippen LogP contribution is -2.34. The molecule has 3 rings (SSSR count). The van der Waals surface area contributed by atoms with Gasteiger partial charge in [-0.15, -0.1) is 0 Å². The Bertz CT molecular complexity index is 621. The topological polar surface area (TPSA) is 98.9 Å². The summed E-state index contributed by atoms with van der Waals surface area (Å²) in [4.78, 5) is 15.0. The molecule has 0 bridgehead atoms. The Kier molecular flexibility index (Phi) is 3.87. The van der Waals surface area contributed by atoms with Crippen molar-refractivity contribution in [2.75, 3.05) is 29.5 Å². The molecule has 0 amide bonds. The second kappa shape index (κ2) is 5.82. The minimum absolute atomic E-state index is 0.229. The third-order valence-corrected chi connectivity index (χ3v) is 4.19. The van der Waals surface area contributed by atoms with E-state index in [1.165, 1.54) is 5.82 Å². The summed E-state index contributed by atoms with van der Waals surface area (Å²) in [5.74, 6) is 3.14. The first-order valence-electron chi connectivity index (χ1n) is 7.72. The van der Waals surface area contributed by atoms with E-state index >= 15 is 0 Å². The molecular weight excluding hydrogens is 278 g/mol. The van der Waals surface area contributed by atoms with Crippen LogP contribution in [-0.2, 0) is 0 Å². The van der Waals surface area contributed by atoms with E-state index in [0.717, 1.165) is 31.7 Å². The first-order chi connectivity index (χ1) is 10.5. The molecule has 2 aromatic heterocycles. The first kappa shape index (κ1) is 14.6. The van der Waals surface area contributed by atoms with Gasteiger partial charge in [0.25, 0.3) is 0 Å². The molecule has 7 heteroatoms. The second-order valence-corrected chi connectivity index (χ2v) is 6.06. The fraction of sp³-hybridized carbons (Fsp3) is 0.533. The van der Waals surface area contributed by atoms with Crippen LogP contribution in [0.15, 0.2) is 18.5 Å². The molecule has 1 fully saturated rings. The summed E-state index contributed by atoms with van der Waals surface area (Å²) in [6.07, 6.45) is 6.06. The lowest BCUT2D eigenvalue weighted by molar-refractivity contribution is 0.448. The third-order valence-electron chi connectivity index (χ3n) is 4.19. The van der Waals surface area contributed by atoms with Gasteiger partial charge >= 0.3 is 0 Å². The van der Waals surface area contributed by atoms with E-state index in [1.54, 1.807) is 6.07 Å². The van der Waals surface area contributed by atoms with Crippen molar-refractivity contribution in [1.82, 2.24) is 19.5 Å². The van der Waals surface area contributed by atoms with Crippen molar-refractivity contribution in [3.63, 3.8) is 0 Å². The normalized spacial score (nSPS) is 16.4. The fourth-order valence-corrected chi connectivity index (χ4v) is 3.08. The summed E-state index contributed by atoms with van der Waals surface area (Å²) in [5.41, 5.74) is 11.4. The number of hydrogen-bond acceptors (Lipinski definition) is 6. The Labute approximate surface area is 130 Å². The summed E-state index contributed by atoms with van der Waals surface area (Å²) >= 11 is 0. The van der Waals surface area contributed by atoms with Crippen molar-refractivity contribution in [2.24, 2.45) is 0 Å². The van der Waals surface area contributed by atoms with Gasteiger partial charge in [0.05, 0.1) is 0 Å². The van der Waals surface area contributed by atoms with Crippen LogP contribution in [0.3, 0.4) is 0 Å². The maximum atomic E-state index is 5.75. The van der Waals surface area contributed by atoms with Gasteiger partial charge in [-0.3, -0.25) is 0 Å². The molecule has 3 heterocycles. The van der Waals surface area contributed by atoms with Crippen molar-refractivity contribution in [1.29, 1.82) is 0 Å². The lowest BCUT2D eigenvalue weighted by Gasteiger charge is -2.33. The number of piperidine rings is 1. The van der Waals surface area contributed by atoms with Crippen LogP contribution >= 0.6 is 0 Å². The zero-order valence-electron chi connectivity index (χ0n) is 13.1. The molecule has 0 spiro atoms. The number of aromatic nitrogens is 4. The van der Waals surface area contributed by atoms with Crippen LogP contribution in [0, 0.1) is 0 Å². The number of hydrogen-bond donors (Lipinski definition) is 2. The van der Waals surface area contributed by atoms with Crippen molar-refractivity contribution >= 4 is 17.6 Å². The van der Waals surface area contributed by atoms with E-state index in [4.69, 9.17) is 11.5 Å². The highest BCUT2D eigenvalue weighted by atomic mass is 15.2. The van der Waals surface area contributed by atoms with E-state index < -0.39 is 0 Å². The lowest BCUT2D eigenvalue weighted by atomic mass is 9.95. The van der Waals surface area contributed by atoms with E-state index in [1.807, 2.05) is 6.20 Å². The van der Waals surface area contributed by atoms with Gasteiger partial charge in [0.2, 0.25) is 5.95 Å². The second-order valence-electron chi connectivity index (χ2n) is 6.06. The summed E-state index contributed by atoms with van der Waals surface area (Å²) in [6.45, 7) is 6.22. The van der Waals surface area contributed by atoms with Crippen LogP contribution in [-0.4, -0.2) is 32.6 Å². The van der Waals surface area contributed by atoms with Crippen LogP contribution in [0.5, 0.6) is 0 Å². The molecule has 0 aromatic carbocycles. The smallest absolute Gasteiger partial charge is 0.223 e. The van der Waals surface area contributed by atoms with E-state index in [-0.39, 0.29) is 5.95 Å². The Balaban J connectivity index is 1.71. The Morgan fingerprint density at radius 3 is 2.55 bits per heavy atom. The summed E-state index contributed by atoms with van der Waals surface area (Å²) in [7, 11) is 0. The van der Waals surface area contributed by atoms with Gasteiger partial charge in [-0.1, -0.05) is 0 Å². The summed E-state index contributed by atoms with van der Waals surface area (Å²) in [5, 5.41) is 0. The van der Waals surface area contributed by atoms with Crippen LogP contribution in [0.2, 0.25) is 0 Å².